The molecule has 4 nitrogen and oxygen atoms in total. The molecular weight excluding hydrogens is 264 g/mol. The molecule has 2 heterocycles. The zero-order valence-corrected chi connectivity index (χ0v) is 13.0. The van der Waals surface area contributed by atoms with Gasteiger partial charge in [-0.25, -0.2) is 0 Å². The summed E-state index contributed by atoms with van der Waals surface area (Å²) in [6.45, 7) is 9.15. The molecule has 4 heteroatoms. The van der Waals surface area contributed by atoms with E-state index in [1.54, 1.807) is 0 Å². The number of hydrogen-bond acceptors (Lipinski definition) is 3. The van der Waals surface area contributed by atoms with Gasteiger partial charge >= 0.3 is 0 Å². The summed E-state index contributed by atoms with van der Waals surface area (Å²) in [6.07, 6.45) is 1.13. The number of rotatable bonds is 3. The molecule has 0 aromatic heterocycles. The maximum absolute atomic E-state index is 12.5. The molecule has 0 spiro atoms. The molecule has 114 valence electrons. The molecule has 0 radical (unpaired) electrons. The van der Waals surface area contributed by atoms with Crippen LogP contribution in [0.25, 0.3) is 0 Å². The standard InChI is InChI=1S/C17H24N2O2/c1-13-7-14(2)9-16(8-13)19-5-4-18(11-17(19)20)10-15-3-6-21-12-15/h7-9,15H,3-6,10-12H2,1-2H3. The molecule has 2 fully saturated rings. The Kier molecular flexibility index (Phi) is 4.27. The SMILES string of the molecule is Cc1cc(C)cc(N2CCN(CC3CCOC3)CC2=O)c1. The number of aryl methyl sites for hydroxylation is 2. The van der Waals surface area contributed by atoms with Gasteiger partial charge in [-0.1, -0.05) is 6.07 Å². The Bertz CT molecular complexity index is 503. The lowest BCUT2D eigenvalue weighted by molar-refractivity contribution is -0.121. The largest absolute Gasteiger partial charge is 0.381 e. The van der Waals surface area contributed by atoms with E-state index in [9.17, 15) is 4.79 Å². The van der Waals surface area contributed by atoms with Crippen LogP contribution in [0, 0.1) is 19.8 Å². The molecule has 0 aliphatic carbocycles. The van der Waals surface area contributed by atoms with Crippen molar-refractivity contribution in [2.45, 2.75) is 20.3 Å². The van der Waals surface area contributed by atoms with Gasteiger partial charge in [0.15, 0.2) is 0 Å². The normalized spacial score (nSPS) is 23.8. The van der Waals surface area contributed by atoms with E-state index in [0.717, 1.165) is 45.0 Å². The first-order chi connectivity index (χ1) is 10.1. The van der Waals surface area contributed by atoms with Crippen LogP contribution in [0.1, 0.15) is 17.5 Å². The van der Waals surface area contributed by atoms with Crippen LogP contribution in [0.15, 0.2) is 18.2 Å². The Morgan fingerprint density at radius 1 is 1.19 bits per heavy atom. The molecule has 3 rings (SSSR count). The number of hydrogen-bond donors (Lipinski definition) is 0. The molecule has 0 saturated carbocycles. The van der Waals surface area contributed by atoms with Crippen LogP contribution in [-0.4, -0.2) is 50.2 Å². The second-order valence-corrected chi connectivity index (χ2v) is 6.36. The lowest BCUT2D eigenvalue weighted by Gasteiger charge is -2.35. The van der Waals surface area contributed by atoms with Crippen LogP contribution in [0.5, 0.6) is 0 Å². The van der Waals surface area contributed by atoms with E-state index in [1.807, 2.05) is 4.90 Å². The first-order valence-corrected chi connectivity index (χ1v) is 7.80. The van der Waals surface area contributed by atoms with E-state index in [2.05, 4.69) is 36.9 Å². The fourth-order valence-electron chi connectivity index (χ4n) is 3.35. The number of carbonyl (C=O) groups excluding carboxylic acids is 1. The number of piperazine rings is 1. The maximum Gasteiger partial charge on any atom is 0.241 e. The van der Waals surface area contributed by atoms with Gasteiger partial charge in [0.2, 0.25) is 5.91 Å². The van der Waals surface area contributed by atoms with Crippen LogP contribution in [0.3, 0.4) is 0 Å². The highest BCUT2D eigenvalue weighted by molar-refractivity contribution is 5.95. The van der Waals surface area contributed by atoms with Crippen molar-refractivity contribution in [2.75, 3.05) is 44.3 Å². The predicted molar refractivity (Wildman–Crippen MR) is 83.6 cm³/mol. The first-order valence-electron chi connectivity index (χ1n) is 7.80. The van der Waals surface area contributed by atoms with Gasteiger partial charge in [0.1, 0.15) is 0 Å². The van der Waals surface area contributed by atoms with Crippen molar-refractivity contribution in [3.8, 4) is 0 Å². The third-order valence-corrected chi connectivity index (χ3v) is 4.36. The number of benzene rings is 1. The smallest absolute Gasteiger partial charge is 0.241 e. The molecule has 0 bridgehead atoms. The molecule has 21 heavy (non-hydrogen) atoms. The Hall–Kier alpha value is -1.39. The third-order valence-electron chi connectivity index (χ3n) is 4.36. The molecule has 1 unspecified atom stereocenters. The fourth-order valence-corrected chi connectivity index (χ4v) is 3.35. The summed E-state index contributed by atoms with van der Waals surface area (Å²) in [5.41, 5.74) is 3.47. The monoisotopic (exact) mass is 288 g/mol. The average Bonchev–Trinajstić information content (AvgIpc) is 2.90. The second-order valence-electron chi connectivity index (χ2n) is 6.36. The molecule has 2 aliphatic heterocycles. The number of nitrogens with zero attached hydrogens (tertiary/aromatic N) is 2. The van der Waals surface area contributed by atoms with Gasteiger partial charge < -0.3 is 9.64 Å². The van der Waals surface area contributed by atoms with E-state index < -0.39 is 0 Å². The van der Waals surface area contributed by atoms with Gasteiger partial charge in [-0.3, -0.25) is 9.69 Å². The summed E-state index contributed by atoms with van der Waals surface area (Å²) in [6, 6.07) is 6.35. The summed E-state index contributed by atoms with van der Waals surface area (Å²) in [5.74, 6) is 0.815. The minimum atomic E-state index is 0.213. The number of amides is 1. The van der Waals surface area contributed by atoms with Crippen LogP contribution in [0.4, 0.5) is 5.69 Å². The van der Waals surface area contributed by atoms with E-state index >= 15 is 0 Å². The van der Waals surface area contributed by atoms with Crippen LogP contribution in [-0.2, 0) is 9.53 Å². The molecule has 1 amide bonds. The van der Waals surface area contributed by atoms with Crippen molar-refractivity contribution in [1.82, 2.24) is 4.90 Å². The minimum Gasteiger partial charge on any atom is -0.381 e. The Balaban J connectivity index is 1.63. The van der Waals surface area contributed by atoms with E-state index in [1.165, 1.54) is 11.1 Å². The lowest BCUT2D eigenvalue weighted by atomic mass is 10.1. The molecule has 1 aromatic rings. The molecule has 2 saturated heterocycles. The molecule has 1 atom stereocenters. The van der Waals surface area contributed by atoms with Crippen LogP contribution in [0.2, 0.25) is 0 Å². The van der Waals surface area contributed by atoms with Gasteiger partial charge in [-0.15, -0.1) is 0 Å². The summed E-state index contributed by atoms with van der Waals surface area (Å²) in [7, 11) is 0. The first kappa shape index (κ1) is 14.5. The van der Waals surface area contributed by atoms with Crippen molar-refractivity contribution >= 4 is 11.6 Å². The van der Waals surface area contributed by atoms with E-state index in [0.29, 0.717) is 12.5 Å². The summed E-state index contributed by atoms with van der Waals surface area (Å²) in [4.78, 5) is 16.7. The zero-order chi connectivity index (χ0) is 14.8. The predicted octanol–water partition coefficient (Wildman–Crippen LogP) is 1.99. The molecule has 0 N–H and O–H groups in total. The summed E-state index contributed by atoms with van der Waals surface area (Å²) < 4.78 is 5.42. The Labute approximate surface area is 126 Å². The van der Waals surface area contributed by atoms with E-state index in [4.69, 9.17) is 4.74 Å². The fraction of sp³-hybridized carbons (Fsp3) is 0.588. The highest BCUT2D eigenvalue weighted by atomic mass is 16.5. The highest BCUT2D eigenvalue weighted by Crippen LogP contribution is 2.22. The number of ether oxygens (including phenoxy) is 1. The van der Waals surface area contributed by atoms with Crippen molar-refractivity contribution in [2.24, 2.45) is 5.92 Å². The van der Waals surface area contributed by atoms with Crippen LogP contribution < -0.4 is 4.90 Å². The molecule has 2 aliphatic rings. The van der Waals surface area contributed by atoms with Crippen molar-refractivity contribution < 1.29 is 9.53 Å². The zero-order valence-electron chi connectivity index (χ0n) is 13.0. The Morgan fingerprint density at radius 3 is 2.57 bits per heavy atom. The lowest BCUT2D eigenvalue weighted by Crippen LogP contribution is -2.51. The van der Waals surface area contributed by atoms with Crippen molar-refractivity contribution in [1.29, 1.82) is 0 Å². The average molecular weight is 288 g/mol. The summed E-state index contributed by atoms with van der Waals surface area (Å²) in [5, 5.41) is 0. The Morgan fingerprint density at radius 2 is 1.95 bits per heavy atom. The summed E-state index contributed by atoms with van der Waals surface area (Å²) >= 11 is 0. The number of anilines is 1. The maximum atomic E-state index is 12.5. The van der Waals surface area contributed by atoms with Gasteiger partial charge in [-0.2, -0.15) is 0 Å². The molecular formula is C17H24N2O2. The van der Waals surface area contributed by atoms with Gasteiger partial charge in [0.25, 0.3) is 0 Å². The van der Waals surface area contributed by atoms with E-state index in [-0.39, 0.29) is 5.91 Å². The third kappa shape index (κ3) is 3.44. The topological polar surface area (TPSA) is 32.8 Å². The van der Waals surface area contributed by atoms with Gasteiger partial charge in [0, 0.05) is 31.9 Å². The quantitative estimate of drug-likeness (QED) is 0.853. The van der Waals surface area contributed by atoms with Gasteiger partial charge in [0.05, 0.1) is 13.2 Å². The van der Waals surface area contributed by atoms with Crippen molar-refractivity contribution in [3.63, 3.8) is 0 Å². The van der Waals surface area contributed by atoms with Gasteiger partial charge in [-0.05, 0) is 49.4 Å². The van der Waals surface area contributed by atoms with Crippen LogP contribution >= 0.6 is 0 Å². The second kappa shape index (κ2) is 6.16. The van der Waals surface area contributed by atoms with Crippen molar-refractivity contribution in [3.05, 3.63) is 29.3 Å². The molecule has 1 aromatic carbocycles. The number of carbonyl (C=O) groups is 1. The minimum absolute atomic E-state index is 0.213. The highest BCUT2D eigenvalue weighted by Gasteiger charge is 2.27.